The average Bonchev–Trinajstić information content (AvgIpc) is 3.27. The van der Waals surface area contributed by atoms with Crippen molar-refractivity contribution in [1.82, 2.24) is 4.98 Å². The molecule has 7 heteroatoms. The summed E-state index contributed by atoms with van der Waals surface area (Å²) >= 11 is 2.61. The van der Waals surface area contributed by atoms with Gasteiger partial charge in [0.2, 0.25) is 11.7 Å². The summed E-state index contributed by atoms with van der Waals surface area (Å²) in [5, 5.41) is 3.25. The molecule has 4 aromatic rings. The summed E-state index contributed by atoms with van der Waals surface area (Å²) in [6.45, 7) is 0. The lowest BCUT2D eigenvalue weighted by Gasteiger charge is -2.03. The Morgan fingerprint density at radius 2 is 1.59 bits per heavy atom. The van der Waals surface area contributed by atoms with E-state index in [1.165, 1.54) is 23.1 Å². The molecule has 0 spiro atoms. The molecule has 1 amide bonds. The fraction of sp³-hybridized carbons (Fsp3) is 0.0800. The molecule has 0 atom stereocenters. The van der Waals surface area contributed by atoms with Crippen molar-refractivity contribution in [2.75, 3.05) is 18.2 Å². The molecule has 160 valence electrons. The normalized spacial score (nSPS) is 10.5. The number of hydrogen-bond donors (Lipinski definition) is 1. The van der Waals surface area contributed by atoms with Crippen LogP contribution in [0.1, 0.15) is 15.2 Å². The number of hydrogen-bond acceptors (Lipinski definition) is 6. The summed E-state index contributed by atoms with van der Waals surface area (Å²) in [4.78, 5) is 31.7. The van der Waals surface area contributed by atoms with Gasteiger partial charge in [0.05, 0.1) is 18.6 Å². The van der Waals surface area contributed by atoms with Crippen molar-refractivity contribution >= 4 is 39.9 Å². The average molecular weight is 461 g/mol. The van der Waals surface area contributed by atoms with Crippen LogP contribution in [0, 0.1) is 0 Å². The molecule has 0 saturated heterocycles. The molecular formula is C25H20N2O3S2. The molecule has 1 aromatic heterocycles. The number of methoxy groups -OCH3 is 1. The molecule has 5 nitrogen and oxygen atoms in total. The third kappa shape index (κ3) is 5.25. The van der Waals surface area contributed by atoms with Gasteiger partial charge < -0.3 is 10.1 Å². The van der Waals surface area contributed by atoms with Crippen LogP contribution in [-0.2, 0) is 4.79 Å². The number of ketones is 1. The number of carbonyl (C=O) groups is 2. The molecule has 0 saturated carbocycles. The maximum absolute atomic E-state index is 13.1. The van der Waals surface area contributed by atoms with Gasteiger partial charge in [-0.2, -0.15) is 0 Å². The second-order valence-corrected chi connectivity index (χ2v) is 8.82. The van der Waals surface area contributed by atoms with Crippen molar-refractivity contribution < 1.29 is 14.3 Å². The van der Waals surface area contributed by atoms with E-state index in [9.17, 15) is 9.59 Å². The van der Waals surface area contributed by atoms with E-state index in [2.05, 4.69) is 10.3 Å². The zero-order valence-corrected chi connectivity index (χ0v) is 18.9. The molecule has 0 radical (unpaired) electrons. The Balaban J connectivity index is 1.53. The highest BCUT2D eigenvalue weighted by Gasteiger charge is 2.21. The molecule has 1 N–H and O–H groups in total. The molecule has 0 aliphatic heterocycles. The van der Waals surface area contributed by atoms with Gasteiger partial charge in [0.15, 0.2) is 5.13 Å². The molecule has 0 unspecified atom stereocenters. The Bertz CT molecular complexity index is 1210. The van der Waals surface area contributed by atoms with E-state index in [0.717, 1.165) is 16.2 Å². The fourth-order valence-corrected chi connectivity index (χ4v) is 4.68. The van der Waals surface area contributed by atoms with Gasteiger partial charge in [-0.1, -0.05) is 72.0 Å². The van der Waals surface area contributed by atoms with Crippen molar-refractivity contribution in [2.24, 2.45) is 0 Å². The molecule has 0 aliphatic rings. The van der Waals surface area contributed by atoms with E-state index < -0.39 is 0 Å². The number of thiazole rings is 1. The summed E-state index contributed by atoms with van der Waals surface area (Å²) in [5.74, 6) is 0.702. The summed E-state index contributed by atoms with van der Waals surface area (Å²) < 4.78 is 5.15. The lowest BCUT2D eigenvalue weighted by atomic mass is 10.1. The standard InChI is InChI=1S/C25H20N2O3S2/c1-30-19-12-14-20(15-13-19)31-16-21(28)26-25-27-22(17-8-4-2-5-9-17)24(32-25)23(29)18-10-6-3-7-11-18/h2-15H,16H2,1H3,(H,26,27,28). The number of anilines is 1. The van der Waals surface area contributed by atoms with Gasteiger partial charge in [0, 0.05) is 16.0 Å². The third-order valence-corrected chi connectivity index (χ3v) is 6.57. The van der Waals surface area contributed by atoms with Crippen LogP contribution >= 0.6 is 23.1 Å². The van der Waals surface area contributed by atoms with Crippen LogP contribution in [0.5, 0.6) is 5.75 Å². The van der Waals surface area contributed by atoms with E-state index in [1.54, 1.807) is 19.2 Å². The quantitative estimate of drug-likeness (QED) is 0.267. The highest BCUT2D eigenvalue weighted by molar-refractivity contribution is 8.00. The Kier molecular flexibility index (Phi) is 6.99. The van der Waals surface area contributed by atoms with Crippen molar-refractivity contribution in [1.29, 1.82) is 0 Å². The van der Waals surface area contributed by atoms with Gasteiger partial charge in [-0.05, 0) is 24.3 Å². The lowest BCUT2D eigenvalue weighted by Crippen LogP contribution is -2.13. The van der Waals surface area contributed by atoms with E-state index >= 15 is 0 Å². The largest absolute Gasteiger partial charge is 0.497 e. The Labute approximate surface area is 194 Å². The number of benzene rings is 3. The number of nitrogens with zero attached hydrogens (tertiary/aromatic N) is 1. The summed E-state index contributed by atoms with van der Waals surface area (Å²) in [5.41, 5.74) is 1.99. The first kappa shape index (κ1) is 21.8. The number of thioether (sulfide) groups is 1. The first-order chi connectivity index (χ1) is 15.6. The maximum atomic E-state index is 13.1. The molecule has 0 bridgehead atoms. The van der Waals surface area contributed by atoms with Gasteiger partial charge in [0.1, 0.15) is 10.6 Å². The number of carbonyl (C=O) groups excluding carboxylic acids is 2. The highest BCUT2D eigenvalue weighted by Crippen LogP contribution is 2.33. The van der Waals surface area contributed by atoms with Gasteiger partial charge in [-0.3, -0.25) is 9.59 Å². The predicted octanol–water partition coefficient (Wildman–Crippen LogP) is 5.78. The van der Waals surface area contributed by atoms with Crippen molar-refractivity contribution in [3.8, 4) is 17.0 Å². The minimum atomic E-state index is -0.183. The minimum absolute atomic E-state index is 0.116. The van der Waals surface area contributed by atoms with Gasteiger partial charge in [-0.25, -0.2) is 4.98 Å². The second-order valence-electron chi connectivity index (χ2n) is 6.77. The van der Waals surface area contributed by atoms with Crippen LogP contribution in [0.25, 0.3) is 11.3 Å². The van der Waals surface area contributed by atoms with E-state index in [4.69, 9.17) is 4.74 Å². The van der Waals surface area contributed by atoms with E-state index in [-0.39, 0.29) is 17.4 Å². The number of amides is 1. The predicted molar refractivity (Wildman–Crippen MR) is 130 cm³/mol. The highest BCUT2D eigenvalue weighted by atomic mass is 32.2. The van der Waals surface area contributed by atoms with E-state index in [1.807, 2.05) is 72.8 Å². The molecule has 32 heavy (non-hydrogen) atoms. The van der Waals surface area contributed by atoms with Crippen LogP contribution in [0.2, 0.25) is 0 Å². The zero-order chi connectivity index (χ0) is 22.3. The summed E-state index contributed by atoms with van der Waals surface area (Å²) in [7, 11) is 1.62. The maximum Gasteiger partial charge on any atom is 0.236 e. The number of aromatic nitrogens is 1. The van der Waals surface area contributed by atoms with E-state index in [0.29, 0.717) is 21.3 Å². The lowest BCUT2D eigenvalue weighted by molar-refractivity contribution is -0.113. The Morgan fingerprint density at radius 3 is 2.25 bits per heavy atom. The molecule has 0 fully saturated rings. The Morgan fingerprint density at radius 1 is 0.938 bits per heavy atom. The Hall–Kier alpha value is -3.42. The fourth-order valence-electron chi connectivity index (χ4n) is 3.02. The number of nitrogens with one attached hydrogen (secondary N) is 1. The third-order valence-electron chi connectivity index (χ3n) is 4.59. The number of ether oxygens (including phenoxy) is 1. The molecule has 1 heterocycles. The van der Waals surface area contributed by atoms with Crippen molar-refractivity contribution in [3.63, 3.8) is 0 Å². The monoisotopic (exact) mass is 460 g/mol. The summed E-state index contributed by atoms with van der Waals surface area (Å²) in [6, 6.07) is 26.1. The smallest absolute Gasteiger partial charge is 0.236 e. The van der Waals surface area contributed by atoms with Gasteiger partial charge in [0.25, 0.3) is 0 Å². The van der Waals surface area contributed by atoms with Crippen LogP contribution in [-0.4, -0.2) is 29.5 Å². The van der Waals surface area contributed by atoms with Crippen molar-refractivity contribution in [3.05, 3.63) is 95.4 Å². The summed E-state index contributed by atoms with van der Waals surface area (Å²) in [6.07, 6.45) is 0. The van der Waals surface area contributed by atoms with Crippen molar-refractivity contribution in [2.45, 2.75) is 4.90 Å². The van der Waals surface area contributed by atoms with Crippen LogP contribution in [0.4, 0.5) is 5.13 Å². The van der Waals surface area contributed by atoms with Gasteiger partial charge in [-0.15, -0.1) is 11.8 Å². The molecule has 0 aliphatic carbocycles. The SMILES string of the molecule is COc1ccc(SCC(=O)Nc2nc(-c3ccccc3)c(C(=O)c3ccccc3)s2)cc1. The minimum Gasteiger partial charge on any atom is -0.497 e. The van der Waals surface area contributed by atoms with Gasteiger partial charge >= 0.3 is 0 Å². The van der Waals surface area contributed by atoms with Crippen LogP contribution in [0.3, 0.4) is 0 Å². The zero-order valence-electron chi connectivity index (χ0n) is 17.3. The molecule has 3 aromatic carbocycles. The van der Waals surface area contributed by atoms with Crippen LogP contribution in [0.15, 0.2) is 89.8 Å². The first-order valence-electron chi connectivity index (χ1n) is 9.87. The van der Waals surface area contributed by atoms with Crippen LogP contribution < -0.4 is 10.1 Å². The second kappa shape index (κ2) is 10.3. The molecular weight excluding hydrogens is 440 g/mol. The first-order valence-corrected chi connectivity index (χ1v) is 11.7. The number of rotatable bonds is 8. The topological polar surface area (TPSA) is 68.3 Å². The molecule has 4 rings (SSSR count).